The third kappa shape index (κ3) is 4.83. The molecule has 0 saturated heterocycles. The van der Waals surface area contributed by atoms with Crippen molar-refractivity contribution in [3.8, 4) is 34.0 Å². The lowest BCUT2D eigenvalue weighted by Crippen LogP contribution is -2.23. The van der Waals surface area contributed by atoms with Gasteiger partial charge < -0.3 is 9.47 Å². The molecular weight excluding hydrogens is 410 g/mol. The van der Waals surface area contributed by atoms with Gasteiger partial charge in [0.05, 0.1) is 23.0 Å². The fraction of sp³-hybridized carbons (Fsp3) is 0.280. The van der Waals surface area contributed by atoms with E-state index in [9.17, 15) is 0 Å². The number of halogens is 1. The molecule has 0 spiro atoms. The van der Waals surface area contributed by atoms with E-state index < -0.39 is 0 Å². The Labute approximate surface area is 187 Å². The van der Waals surface area contributed by atoms with Gasteiger partial charge in [0.15, 0.2) is 0 Å². The van der Waals surface area contributed by atoms with Crippen molar-refractivity contribution in [1.82, 2.24) is 14.4 Å². The summed E-state index contributed by atoms with van der Waals surface area (Å²) in [6.07, 6.45) is 5.78. The SMILES string of the molecule is CC(C)Oc1ccc(-c2cn3c(-c4ccc(OC(C)(C)C)nc4)cnc3cc2Cl)cc1. The molecule has 3 aromatic heterocycles. The molecule has 0 bridgehead atoms. The number of aromatic nitrogens is 3. The van der Waals surface area contributed by atoms with E-state index in [0.717, 1.165) is 33.8 Å². The molecule has 4 aromatic rings. The van der Waals surface area contributed by atoms with Crippen LogP contribution in [0.4, 0.5) is 0 Å². The number of ether oxygens (including phenoxy) is 2. The lowest BCUT2D eigenvalue weighted by atomic mass is 10.1. The van der Waals surface area contributed by atoms with Crippen LogP contribution in [0.15, 0.2) is 61.1 Å². The second-order valence-corrected chi connectivity index (χ2v) is 9.10. The third-order valence-electron chi connectivity index (χ3n) is 4.58. The van der Waals surface area contributed by atoms with Crippen LogP contribution in [-0.2, 0) is 0 Å². The minimum absolute atomic E-state index is 0.132. The zero-order valence-electron chi connectivity index (χ0n) is 18.4. The smallest absolute Gasteiger partial charge is 0.213 e. The van der Waals surface area contributed by atoms with Gasteiger partial charge in [-0.1, -0.05) is 23.7 Å². The van der Waals surface area contributed by atoms with Crippen molar-refractivity contribution in [1.29, 1.82) is 0 Å². The molecule has 0 N–H and O–H groups in total. The predicted octanol–water partition coefficient (Wildman–Crippen LogP) is 6.68. The lowest BCUT2D eigenvalue weighted by molar-refractivity contribution is 0.124. The maximum absolute atomic E-state index is 6.59. The number of hydrogen-bond acceptors (Lipinski definition) is 4. The second kappa shape index (κ2) is 8.23. The average molecular weight is 436 g/mol. The molecule has 0 aliphatic rings. The van der Waals surface area contributed by atoms with Gasteiger partial charge in [0.25, 0.3) is 0 Å². The fourth-order valence-corrected chi connectivity index (χ4v) is 3.57. The number of nitrogens with zero attached hydrogens (tertiary/aromatic N) is 3. The van der Waals surface area contributed by atoms with Gasteiger partial charge in [-0.05, 0) is 58.4 Å². The van der Waals surface area contributed by atoms with Crippen LogP contribution in [0.1, 0.15) is 34.6 Å². The van der Waals surface area contributed by atoms with Crippen LogP contribution in [0.3, 0.4) is 0 Å². The molecule has 0 radical (unpaired) electrons. The first-order valence-corrected chi connectivity index (χ1v) is 10.7. The molecule has 0 fully saturated rings. The van der Waals surface area contributed by atoms with Gasteiger partial charge in [-0.3, -0.25) is 4.40 Å². The van der Waals surface area contributed by atoms with Crippen LogP contribution in [0.25, 0.3) is 28.0 Å². The molecule has 0 amide bonds. The number of fused-ring (bicyclic) bond motifs is 1. The van der Waals surface area contributed by atoms with Crippen molar-refractivity contribution in [3.63, 3.8) is 0 Å². The van der Waals surface area contributed by atoms with Crippen molar-refractivity contribution in [2.75, 3.05) is 0 Å². The normalized spacial score (nSPS) is 11.8. The molecule has 31 heavy (non-hydrogen) atoms. The first kappa shape index (κ1) is 21.2. The van der Waals surface area contributed by atoms with Gasteiger partial charge in [-0.15, -0.1) is 0 Å². The minimum Gasteiger partial charge on any atom is -0.491 e. The lowest BCUT2D eigenvalue weighted by Gasteiger charge is -2.20. The monoisotopic (exact) mass is 435 g/mol. The van der Waals surface area contributed by atoms with Crippen molar-refractivity contribution in [2.24, 2.45) is 0 Å². The summed E-state index contributed by atoms with van der Waals surface area (Å²) in [6, 6.07) is 13.7. The van der Waals surface area contributed by atoms with Crippen LogP contribution in [0.5, 0.6) is 11.6 Å². The number of rotatable bonds is 5. The van der Waals surface area contributed by atoms with Crippen molar-refractivity contribution in [3.05, 3.63) is 66.1 Å². The molecule has 0 saturated carbocycles. The highest BCUT2D eigenvalue weighted by Crippen LogP contribution is 2.32. The van der Waals surface area contributed by atoms with Crippen LogP contribution >= 0.6 is 11.6 Å². The Morgan fingerprint density at radius 3 is 2.26 bits per heavy atom. The summed E-state index contributed by atoms with van der Waals surface area (Å²) in [7, 11) is 0. The van der Waals surface area contributed by atoms with Crippen molar-refractivity contribution < 1.29 is 9.47 Å². The highest BCUT2D eigenvalue weighted by Gasteiger charge is 2.14. The van der Waals surface area contributed by atoms with Crippen molar-refractivity contribution >= 4 is 17.2 Å². The van der Waals surface area contributed by atoms with E-state index in [2.05, 4.69) is 9.97 Å². The Hall–Kier alpha value is -3.05. The standard InChI is InChI=1S/C25H26ClN3O2/c1-16(2)30-19-9-6-17(7-10-19)20-15-29-22(14-27-23(29)12-21(20)26)18-8-11-24(28-13-18)31-25(3,4)5/h6-16H,1-5H3. The molecule has 0 aliphatic heterocycles. The first-order chi connectivity index (χ1) is 14.7. The van der Waals surface area contributed by atoms with E-state index in [4.69, 9.17) is 21.1 Å². The summed E-state index contributed by atoms with van der Waals surface area (Å²) in [5, 5.41) is 0.647. The molecule has 1 aromatic carbocycles. The molecule has 0 atom stereocenters. The van der Waals surface area contributed by atoms with Crippen LogP contribution in [0, 0.1) is 0 Å². The van der Waals surface area contributed by atoms with Gasteiger partial charge in [-0.2, -0.15) is 0 Å². The Balaban J connectivity index is 1.69. The van der Waals surface area contributed by atoms with Gasteiger partial charge in [-0.25, -0.2) is 9.97 Å². The van der Waals surface area contributed by atoms with Crippen LogP contribution in [-0.4, -0.2) is 26.1 Å². The first-order valence-electron chi connectivity index (χ1n) is 10.3. The minimum atomic E-state index is -0.292. The largest absolute Gasteiger partial charge is 0.491 e. The molecule has 0 aliphatic carbocycles. The molecule has 5 nitrogen and oxygen atoms in total. The van der Waals surface area contributed by atoms with E-state index in [1.807, 2.05) is 93.9 Å². The Kier molecular flexibility index (Phi) is 5.63. The van der Waals surface area contributed by atoms with E-state index in [0.29, 0.717) is 10.9 Å². The molecule has 160 valence electrons. The molecule has 4 rings (SSSR count). The van der Waals surface area contributed by atoms with Gasteiger partial charge >= 0.3 is 0 Å². The summed E-state index contributed by atoms with van der Waals surface area (Å²) in [6.45, 7) is 10.0. The number of pyridine rings is 2. The van der Waals surface area contributed by atoms with Crippen LogP contribution < -0.4 is 9.47 Å². The zero-order chi connectivity index (χ0) is 22.2. The molecule has 6 heteroatoms. The summed E-state index contributed by atoms with van der Waals surface area (Å²) < 4.78 is 13.6. The van der Waals surface area contributed by atoms with Gasteiger partial charge in [0, 0.05) is 35.7 Å². The third-order valence-corrected chi connectivity index (χ3v) is 4.89. The summed E-state index contributed by atoms with van der Waals surface area (Å²) in [5.74, 6) is 1.43. The summed E-state index contributed by atoms with van der Waals surface area (Å²) in [5.41, 5.74) is 4.29. The molecule has 0 unspecified atom stereocenters. The van der Waals surface area contributed by atoms with E-state index in [1.165, 1.54) is 0 Å². The highest BCUT2D eigenvalue weighted by molar-refractivity contribution is 6.33. The Bertz CT molecular complexity index is 1190. The van der Waals surface area contributed by atoms with E-state index >= 15 is 0 Å². The average Bonchev–Trinajstić information content (AvgIpc) is 3.09. The number of benzene rings is 1. The predicted molar refractivity (Wildman–Crippen MR) is 125 cm³/mol. The fourth-order valence-electron chi connectivity index (χ4n) is 3.32. The molecular formula is C25H26ClN3O2. The van der Waals surface area contributed by atoms with Gasteiger partial charge in [0.2, 0.25) is 5.88 Å². The quantitative estimate of drug-likeness (QED) is 0.350. The topological polar surface area (TPSA) is 48.7 Å². The van der Waals surface area contributed by atoms with Crippen molar-refractivity contribution in [2.45, 2.75) is 46.3 Å². The highest BCUT2D eigenvalue weighted by atomic mass is 35.5. The number of imidazole rings is 1. The van der Waals surface area contributed by atoms with Crippen LogP contribution in [0.2, 0.25) is 5.02 Å². The maximum Gasteiger partial charge on any atom is 0.213 e. The summed E-state index contributed by atoms with van der Waals surface area (Å²) in [4.78, 5) is 8.97. The zero-order valence-corrected chi connectivity index (χ0v) is 19.1. The molecule has 3 heterocycles. The van der Waals surface area contributed by atoms with E-state index in [-0.39, 0.29) is 11.7 Å². The van der Waals surface area contributed by atoms with E-state index in [1.54, 1.807) is 6.20 Å². The maximum atomic E-state index is 6.59. The second-order valence-electron chi connectivity index (χ2n) is 8.70. The Morgan fingerprint density at radius 2 is 1.65 bits per heavy atom. The Morgan fingerprint density at radius 1 is 0.935 bits per heavy atom. The number of hydrogen-bond donors (Lipinski definition) is 0. The van der Waals surface area contributed by atoms with Gasteiger partial charge in [0.1, 0.15) is 17.0 Å². The summed E-state index contributed by atoms with van der Waals surface area (Å²) >= 11 is 6.59.